The Bertz CT molecular complexity index is 887. The van der Waals surface area contributed by atoms with Crippen LogP contribution < -0.4 is 10.1 Å². The van der Waals surface area contributed by atoms with E-state index in [-0.39, 0.29) is 11.6 Å². The zero-order valence-electron chi connectivity index (χ0n) is 15.1. The first-order valence-corrected chi connectivity index (χ1v) is 8.93. The Morgan fingerprint density at radius 3 is 2.64 bits per heavy atom. The van der Waals surface area contributed by atoms with Crippen LogP contribution in [0.3, 0.4) is 0 Å². The number of carbonyl (C=O) groups is 3. The first-order valence-electron chi connectivity index (χ1n) is 8.05. The van der Waals surface area contributed by atoms with Gasteiger partial charge >= 0.3 is 11.9 Å². The van der Waals surface area contributed by atoms with E-state index in [1.165, 1.54) is 14.0 Å². The maximum Gasteiger partial charge on any atom is 0.347 e. The third-order valence-electron chi connectivity index (χ3n) is 3.32. The summed E-state index contributed by atoms with van der Waals surface area (Å²) in [7, 11) is 1.28. The lowest BCUT2D eigenvalue weighted by molar-refractivity contribution is -0.153. The van der Waals surface area contributed by atoms with Gasteiger partial charge in [-0.3, -0.25) is 14.9 Å². The molecule has 0 aliphatic carbocycles. The number of nitrogens with one attached hydrogen (secondary N) is 1. The molecule has 0 bridgehead atoms. The molecule has 0 radical (unpaired) electrons. The molecule has 1 aromatic heterocycles. The molecule has 0 spiro atoms. The normalized spacial score (nSPS) is 11.0. The van der Waals surface area contributed by atoms with Crippen LogP contribution in [0.15, 0.2) is 29.6 Å². The van der Waals surface area contributed by atoms with Gasteiger partial charge in [-0.15, -0.1) is 11.3 Å². The summed E-state index contributed by atoms with van der Waals surface area (Å²) in [5, 5.41) is 13.1. The Kier molecular flexibility index (Phi) is 7.47. The highest BCUT2D eigenvalue weighted by molar-refractivity contribution is 7.13. The van der Waals surface area contributed by atoms with Gasteiger partial charge in [0.15, 0.2) is 17.8 Å². The summed E-state index contributed by atoms with van der Waals surface area (Å²) in [6.45, 7) is 0.976. The highest BCUT2D eigenvalue weighted by atomic mass is 32.1. The molecule has 0 aliphatic heterocycles. The molecule has 0 fully saturated rings. The Labute approximate surface area is 164 Å². The first-order chi connectivity index (χ1) is 13.4. The minimum Gasteiger partial charge on any atom is -0.479 e. The molecule has 1 atom stereocenters. The molecular formula is C18H17N3O6S. The molecule has 28 heavy (non-hydrogen) atoms. The molecule has 0 saturated heterocycles. The molecule has 2 rings (SSSR count). The van der Waals surface area contributed by atoms with E-state index in [0.717, 1.165) is 11.3 Å². The number of esters is 2. The topological polar surface area (TPSA) is 128 Å². The number of ether oxygens (including phenoxy) is 3. The summed E-state index contributed by atoms with van der Waals surface area (Å²) < 4.78 is 14.9. The molecule has 1 amide bonds. The summed E-state index contributed by atoms with van der Waals surface area (Å²) in [4.78, 5) is 39.1. The molecule has 10 heteroatoms. The van der Waals surface area contributed by atoms with Crippen LogP contribution in [0.2, 0.25) is 0 Å². The van der Waals surface area contributed by atoms with Crippen molar-refractivity contribution >= 4 is 34.3 Å². The number of anilines is 1. The van der Waals surface area contributed by atoms with E-state index in [1.807, 2.05) is 6.07 Å². The number of rotatable bonds is 8. The molecule has 0 unspecified atom stereocenters. The van der Waals surface area contributed by atoms with Crippen LogP contribution in [-0.4, -0.2) is 42.7 Å². The van der Waals surface area contributed by atoms with Crippen LogP contribution in [0.25, 0.3) is 0 Å². The maximum absolute atomic E-state index is 11.9. The lowest BCUT2D eigenvalue weighted by atomic mass is 10.2. The van der Waals surface area contributed by atoms with Gasteiger partial charge in [0.05, 0.1) is 30.9 Å². The minimum atomic E-state index is -0.938. The van der Waals surface area contributed by atoms with Crippen molar-refractivity contribution in [3.63, 3.8) is 0 Å². The van der Waals surface area contributed by atoms with Crippen molar-refractivity contribution in [2.75, 3.05) is 19.0 Å². The van der Waals surface area contributed by atoms with Crippen molar-refractivity contribution in [3.8, 4) is 11.8 Å². The first kappa shape index (κ1) is 20.9. The van der Waals surface area contributed by atoms with Crippen LogP contribution in [0.5, 0.6) is 5.75 Å². The van der Waals surface area contributed by atoms with Crippen LogP contribution >= 0.6 is 11.3 Å². The average molecular weight is 403 g/mol. The lowest BCUT2D eigenvalue weighted by Crippen LogP contribution is -2.29. The van der Waals surface area contributed by atoms with Gasteiger partial charge in [-0.2, -0.15) is 5.26 Å². The summed E-state index contributed by atoms with van der Waals surface area (Å²) in [5.41, 5.74) is 0.935. The smallest absolute Gasteiger partial charge is 0.347 e. The molecule has 9 nitrogen and oxygen atoms in total. The fraction of sp³-hybridized carbons (Fsp3) is 0.278. The van der Waals surface area contributed by atoms with Crippen molar-refractivity contribution in [2.24, 2.45) is 0 Å². The number of benzene rings is 1. The second-order valence-electron chi connectivity index (χ2n) is 5.45. The van der Waals surface area contributed by atoms with Gasteiger partial charge in [0, 0.05) is 5.38 Å². The Morgan fingerprint density at radius 2 is 2.00 bits per heavy atom. The predicted octanol–water partition coefficient (Wildman–Crippen LogP) is 1.68. The highest BCUT2D eigenvalue weighted by Gasteiger charge is 2.18. The van der Waals surface area contributed by atoms with Crippen molar-refractivity contribution in [3.05, 3.63) is 40.9 Å². The van der Waals surface area contributed by atoms with E-state index < -0.39 is 30.6 Å². The van der Waals surface area contributed by atoms with E-state index in [2.05, 4.69) is 15.0 Å². The number of hydrogen-bond acceptors (Lipinski definition) is 9. The van der Waals surface area contributed by atoms with E-state index in [9.17, 15) is 14.4 Å². The fourth-order valence-electron chi connectivity index (χ4n) is 1.94. The number of nitriles is 1. The van der Waals surface area contributed by atoms with Crippen LogP contribution in [0, 0.1) is 11.3 Å². The number of thiazole rings is 1. The van der Waals surface area contributed by atoms with Gasteiger partial charge in [-0.25, -0.2) is 9.78 Å². The second kappa shape index (κ2) is 10.0. The van der Waals surface area contributed by atoms with Crippen LogP contribution in [0.1, 0.15) is 18.2 Å². The summed E-state index contributed by atoms with van der Waals surface area (Å²) >= 11 is 1.14. The van der Waals surface area contributed by atoms with Gasteiger partial charge in [0.1, 0.15) is 5.75 Å². The number of hydrogen-bond donors (Lipinski definition) is 1. The standard InChI is InChI=1S/C18H17N3O6S/c1-11(27-14-5-3-12(8-19)4-6-14)17(24)26-9-15(22)21-18-20-13(10-28-18)7-16(23)25-2/h3-6,10-11H,7,9H2,1-2H3,(H,20,21,22)/t11-/m1/s1. The van der Waals surface area contributed by atoms with Crippen LogP contribution in [-0.2, 0) is 30.3 Å². The zero-order valence-corrected chi connectivity index (χ0v) is 15.9. The Balaban J connectivity index is 1.77. The summed E-state index contributed by atoms with van der Waals surface area (Å²) in [6.07, 6.45) is -0.936. The van der Waals surface area contributed by atoms with Crippen molar-refractivity contribution in [2.45, 2.75) is 19.4 Å². The second-order valence-corrected chi connectivity index (χ2v) is 6.31. The third kappa shape index (κ3) is 6.37. The number of nitrogens with zero attached hydrogens (tertiary/aromatic N) is 2. The van der Waals surface area contributed by atoms with Crippen molar-refractivity contribution < 1.29 is 28.6 Å². The van der Waals surface area contributed by atoms with Gasteiger partial charge in [-0.05, 0) is 31.2 Å². The van der Waals surface area contributed by atoms with Gasteiger partial charge < -0.3 is 14.2 Å². The maximum atomic E-state index is 11.9. The average Bonchev–Trinajstić information content (AvgIpc) is 3.13. The number of amides is 1. The molecular weight excluding hydrogens is 386 g/mol. The number of methoxy groups -OCH3 is 1. The van der Waals surface area contributed by atoms with E-state index in [1.54, 1.807) is 29.6 Å². The predicted molar refractivity (Wildman–Crippen MR) is 98.7 cm³/mol. The zero-order chi connectivity index (χ0) is 20.5. The van der Waals surface area contributed by atoms with Crippen molar-refractivity contribution in [1.82, 2.24) is 4.98 Å². The lowest BCUT2D eigenvalue weighted by Gasteiger charge is -2.13. The van der Waals surface area contributed by atoms with E-state index in [4.69, 9.17) is 14.7 Å². The highest BCUT2D eigenvalue weighted by Crippen LogP contribution is 2.16. The van der Waals surface area contributed by atoms with E-state index in [0.29, 0.717) is 17.0 Å². The molecule has 146 valence electrons. The van der Waals surface area contributed by atoms with Gasteiger partial charge in [-0.1, -0.05) is 0 Å². The molecule has 1 aromatic carbocycles. The molecule has 1 heterocycles. The molecule has 0 saturated carbocycles. The number of carbonyl (C=O) groups excluding carboxylic acids is 3. The number of aromatic nitrogens is 1. The quantitative estimate of drug-likeness (QED) is 0.660. The van der Waals surface area contributed by atoms with Crippen molar-refractivity contribution in [1.29, 1.82) is 5.26 Å². The fourth-order valence-corrected chi connectivity index (χ4v) is 2.66. The molecule has 0 aliphatic rings. The molecule has 1 N–H and O–H groups in total. The van der Waals surface area contributed by atoms with Crippen LogP contribution in [0.4, 0.5) is 5.13 Å². The molecule has 2 aromatic rings. The largest absolute Gasteiger partial charge is 0.479 e. The minimum absolute atomic E-state index is 0.00204. The van der Waals surface area contributed by atoms with Gasteiger partial charge in [0.2, 0.25) is 0 Å². The monoisotopic (exact) mass is 403 g/mol. The Morgan fingerprint density at radius 1 is 1.29 bits per heavy atom. The van der Waals surface area contributed by atoms with E-state index >= 15 is 0 Å². The summed E-state index contributed by atoms with van der Waals surface area (Å²) in [6, 6.07) is 8.21. The summed E-state index contributed by atoms with van der Waals surface area (Å²) in [5.74, 6) is -1.33. The van der Waals surface area contributed by atoms with Gasteiger partial charge in [0.25, 0.3) is 5.91 Å². The third-order valence-corrected chi connectivity index (χ3v) is 4.13. The Hall–Kier alpha value is -3.45. The SMILES string of the molecule is COC(=O)Cc1csc(NC(=O)COC(=O)[C@@H](C)Oc2ccc(C#N)cc2)n1.